The highest BCUT2D eigenvalue weighted by Gasteiger charge is 2.36. The van der Waals surface area contributed by atoms with Crippen molar-refractivity contribution in [2.75, 3.05) is 26.6 Å². The van der Waals surface area contributed by atoms with Gasteiger partial charge >= 0.3 is 12.0 Å². The van der Waals surface area contributed by atoms with E-state index in [0.717, 1.165) is 0 Å². The molecule has 2 aromatic carbocycles. The van der Waals surface area contributed by atoms with E-state index in [2.05, 4.69) is 10.6 Å². The van der Waals surface area contributed by atoms with Crippen molar-refractivity contribution < 1.29 is 28.5 Å². The van der Waals surface area contributed by atoms with Crippen molar-refractivity contribution in [3.8, 4) is 17.2 Å². The van der Waals surface area contributed by atoms with Crippen LogP contribution in [0.5, 0.6) is 17.2 Å². The third-order valence-corrected chi connectivity index (χ3v) is 3.90. The molecule has 0 saturated heterocycles. The molecule has 2 aromatic rings. The number of carbonyl (C=O) groups is 2. The second kappa shape index (κ2) is 7.22. The quantitative estimate of drug-likeness (QED) is 0.798. The zero-order chi connectivity index (χ0) is 18.7. The zero-order valence-corrected chi connectivity index (χ0v) is 14.5. The Kier molecular flexibility index (Phi) is 4.83. The monoisotopic (exact) mass is 358 g/mol. The number of cyclic esters (lactones) is 1. The standard InChI is InChI=1S/C18H18N2O6/c1-23-11-6-4-10(5-7-11)19-18(22)20-16-12-8-9-13(24-2)15(25-3)14(12)17(21)26-16/h4-9,16H,1-3H3,(H2,19,20,22)/t16-/m0/s1. The highest BCUT2D eigenvalue weighted by Crippen LogP contribution is 2.40. The Balaban J connectivity index is 1.76. The molecule has 0 unspecified atom stereocenters. The van der Waals surface area contributed by atoms with E-state index >= 15 is 0 Å². The van der Waals surface area contributed by atoms with Gasteiger partial charge in [-0.3, -0.25) is 5.32 Å². The summed E-state index contributed by atoms with van der Waals surface area (Å²) >= 11 is 0. The van der Waals surface area contributed by atoms with Crippen LogP contribution in [0.25, 0.3) is 0 Å². The topological polar surface area (TPSA) is 95.1 Å². The molecule has 0 aliphatic carbocycles. The second-order valence-corrected chi connectivity index (χ2v) is 5.38. The van der Waals surface area contributed by atoms with Crippen molar-refractivity contribution in [1.29, 1.82) is 0 Å². The molecule has 1 heterocycles. The van der Waals surface area contributed by atoms with Crippen molar-refractivity contribution in [2.24, 2.45) is 0 Å². The smallest absolute Gasteiger partial charge is 0.344 e. The van der Waals surface area contributed by atoms with Gasteiger partial charge in [0.2, 0.25) is 6.23 Å². The number of urea groups is 1. The Morgan fingerprint density at radius 3 is 2.35 bits per heavy atom. The molecule has 0 saturated carbocycles. The lowest BCUT2D eigenvalue weighted by Gasteiger charge is -2.14. The lowest BCUT2D eigenvalue weighted by Crippen LogP contribution is -2.32. The number of hydrogen-bond acceptors (Lipinski definition) is 6. The molecule has 0 aromatic heterocycles. The number of benzene rings is 2. The van der Waals surface area contributed by atoms with Crippen LogP contribution in [0.1, 0.15) is 22.1 Å². The first kappa shape index (κ1) is 17.4. The van der Waals surface area contributed by atoms with Gasteiger partial charge in [0.15, 0.2) is 11.5 Å². The Bertz CT molecular complexity index is 834. The maximum atomic E-state index is 12.2. The molecule has 8 heteroatoms. The summed E-state index contributed by atoms with van der Waals surface area (Å²) in [4.78, 5) is 24.4. The zero-order valence-electron chi connectivity index (χ0n) is 14.5. The van der Waals surface area contributed by atoms with Gasteiger partial charge in [-0.2, -0.15) is 0 Å². The number of rotatable bonds is 5. The average molecular weight is 358 g/mol. The fraction of sp³-hybridized carbons (Fsp3) is 0.222. The molecule has 8 nitrogen and oxygen atoms in total. The van der Waals surface area contributed by atoms with Gasteiger partial charge in [0.1, 0.15) is 11.3 Å². The van der Waals surface area contributed by atoms with Crippen LogP contribution in [-0.2, 0) is 4.74 Å². The highest BCUT2D eigenvalue weighted by molar-refractivity contribution is 5.99. The number of ether oxygens (including phenoxy) is 4. The summed E-state index contributed by atoms with van der Waals surface area (Å²) in [5.41, 5.74) is 1.30. The minimum absolute atomic E-state index is 0.238. The number of esters is 1. The minimum Gasteiger partial charge on any atom is -0.497 e. The van der Waals surface area contributed by atoms with Crippen molar-refractivity contribution in [1.82, 2.24) is 5.32 Å². The summed E-state index contributed by atoms with van der Waals surface area (Å²) < 4.78 is 20.8. The van der Waals surface area contributed by atoms with Gasteiger partial charge < -0.3 is 24.3 Å². The van der Waals surface area contributed by atoms with Crippen LogP contribution >= 0.6 is 0 Å². The maximum Gasteiger partial charge on any atom is 0.344 e. The third-order valence-electron chi connectivity index (χ3n) is 3.90. The third kappa shape index (κ3) is 3.21. The van der Waals surface area contributed by atoms with E-state index in [0.29, 0.717) is 22.7 Å². The van der Waals surface area contributed by atoms with E-state index < -0.39 is 18.2 Å². The fourth-order valence-corrected chi connectivity index (χ4v) is 2.67. The molecule has 2 N–H and O–H groups in total. The van der Waals surface area contributed by atoms with E-state index in [9.17, 15) is 9.59 Å². The lowest BCUT2D eigenvalue weighted by molar-refractivity contribution is 0.0340. The molecule has 1 aliphatic rings. The van der Waals surface area contributed by atoms with Crippen molar-refractivity contribution in [2.45, 2.75) is 6.23 Å². The Morgan fingerprint density at radius 1 is 1.00 bits per heavy atom. The van der Waals surface area contributed by atoms with E-state index in [1.165, 1.54) is 14.2 Å². The summed E-state index contributed by atoms with van der Waals surface area (Å²) in [6.45, 7) is 0. The predicted octanol–water partition coefficient (Wildman–Crippen LogP) is 2.70. The molecule has 1 atom stereocenters. The molecule has 0 radical (unpaired) electrons. The van der Waals surface area contributed by atoms with E-state index in [-0.39, 0.29) is 11.3 Å². The number of methoxy groups -OCH3 is 3. The van der Waals surface area contributed by atoms with Crippen molar-refractivity contribution in [3.05, 3.63) is 47.5 Å². The molecule has 0 fully saturated rings. The Morgan fingerprint density at radius 2 is 1.73 bits per heavy atom. The Hall–Kier alpha value is -3.42. The van der Waals surface area contributed by atoms with Gasteiger partial charge in [0.05, 0.1) is 21.3 Å². The summed E-state index contributed by atoms with van der Waals surface area (Å²) in [5, 5.41) is 5.27. The molecule has 3 rings (SSSR count). The van der Waals surface area contributed by atoms with Crippen LogP contribution in [0.2, 0.25) is 0 Å². The number of amides is 2. The van der Waals surface area contributed by atoms with Gasteiger partial charge in [-0.25, -0.2) is 9.59 Å². The van der Waals surface area contributed by atoms with Crippen LogP contribution in [0.15, 0.2) is 36.4 Å². The average Bonchev–Trinajstić information content (AvgIpc) is 2.97. The second-order valence-electron chi connectivity index (χ2n) is 5.38. The van der Waals surface area contributed by atoms with E-state index in [4.69, 9.17) is 18.9 Å². The molecule has 26 heavy (non-hydrogen) atoms. The largest absolute Gasteiger partial charge is 0.497 e. The molecular formula is C18H18N2O6. The van der Waals surface area contributed by atoms with E-state index in [1.54, 1.807) is 43.5 Å². The predicted molar refractivity (Wildman–Crippen MR) is 92.9 cm³/mol. The first-order valence-corrected chi connectivity index (χ1v) is 7.74. The van der Waals surface area contributed by atoms with Crippen LogP contribution in [-0.4, -0.2) is 33.3 Å². The minimum atomic E-state index is -0.921. The summed E-state index contributed by atoms with van der Waals surface area (Å²) in [6.07, 6.45) is -0.921. The number of nitrogens with one attached hydrogen (secondary N) is 2. The van der Waals surface area contributed by atoms with Gasteiger partial charge in [0, 0.05) is 11.3 Å². The first-order chi connectivity index (χ1) is 12.6. The van der Waals surface area contributed by atoms with Crippen LogP contribution in [0.4, 0.5) is 10.5 Å². The van der Waals surface area contributed by atoms with Crippen LogP contribution < -0.4 is 24.8 Å². The number of anilines is 1. The van der Waals surface area contributed by atoms with Gasteiger partial charge in [-0.1, -0.05) is 0 Å². The molecule has 0 bridgehead atoms. The molecule has 2 amide bonds. The summed E-state index contributed by atoms with van der Waals surface area (Å²) in [7, 11) is 4.47. The lowest BCUT2D eigenvalue weighted by atomic mass is 10.1. The van der Waals surface area contributed by atoms with Crippen LogP contribution in [0.3, 0.4) is 0 Å². The number of fused-ring (bicyclic) bond motifs is 1. The molecular weight excluding hydrogens is 340 g/mol. The van der Waals surface area contributed by atoms with Gasteiger partial charge in [-0.05, 0) is 36.4 Å². The number of carbonyl (C=O) groups excluding carboxylic acids is 2. The summed E-state index contributed by atoms with van der Waals surface area (Å²) in [5.74, 6) is 0.766. The van der Waals surface area contributed by atoms with Crippen LogP contribution in [0, 0.1) is 0 Å². The van der Waals surface area contributed by atoms with Gasteiger partial charge in [0.25, 0.3) is 0 Å². The fourth-order valence-electron chi connectivity index (χ4n) is 2.67. The SMILES string of the molecule is COc1ccc(NC(=O)N[C@H]2OC(=O)c3c2ccc(OC)c3OC)cc1. The van der Waals surface area contributed by atoms with Crippen molar-refractivity contribution >= 4 is 17.7 Å². The summed E-state index contributed by atoms with van der Waals surface area (Å²) in [6, 6.07) is 9.61. The first-order valence-electron chi connectivity index (χ1n) is 7.74. The van der Waals surface area contributed by atoms with E-state index in [1.807, 2.05) is 0 Å². The number of hydrogen-bond donors (Lipinski definition) is 2. The Labute approximate surface area is 150 Å². The molecule has 0 spiro atoms. The normalized spacial score (nSPS) is 14.9. The van der Waals surface area contributed by atoms with Gasteiger partial charge in [-0.15, -0.1) is 0 Å². The molecule has 136 valence electrons. The maximum absolute atomic E-state index is 12.2. The molecule has 1 aliphatic heterocycles. The highest BCUT2D eigenvalue weighted by atomic mass is 16.6. The van der Waals surface area contributed by atoms with Crippen molar-refractivity contribution in [3.63, 3.8) is 0 Å².